The topological polar surface area (TPSA) is 114 Å². The Labute approximate surface area is 162 Å². The molecule has 2 aromatic carbocycles. The largest absolute Gasteiger partial charge is 0.366 e. The molecule has 2 N–H and O–H groups in total. The van der Waals surface area contributed by atoms with Crippen LogP contribution in [0.2, 0.25) is 0 Å². The van der Waals surface area contributed by atoms with Crippen molar-refractivity contribution in [3.63, 3.8) is 0 Å². The molecule has 0 bridgehead atoms. The molecule has 0 amide bonds. The maximum Gasteiger partial charge on any atom is 0.295 e. The molecule has 144 valence electrons. The van der Waals surface area contributed by atoms with E-state index < -0.39 is 14.9 Å². The van der Waals surface area contributed by atoms with Gasteiger partial charge in [-0.05, 0) is 30.8 Å². The number of nitrogens with one attached hydrogen (secondary N) is 2. The summed E-state index contributed by atoms with van der Waals surface area (Å²) >= 11 is 0. The molecule has 3 rings (SSSR count). The highest BCUT2D eigenvalue weighted by Crippen LogP contribution is 2.29. The molecule has 0 atom stereocenters. The van der Waals surface area contributed by atoms with Gasteiger partial charge >= 0.3 is 0 Å². The van der Waals surface area contributed by atoms with Crippen LogP contribution in [0.25, 0.3) is 11.3 Å². The van der Waals surface area contributed by atoms with Crippen LogP contribution in [0.4, 0.5) is 11.5 Å². The van der Waals surface area contributed by atoms with E-state index in [1.807, 2.05) is 6.07 Å². The minimum atomic E-state index is -3.48. The maximum absolute atomic E-state index is 11.8. The molecule has 0 radical (unpaired) electrons. The van der Waals surface area contributed by atoms with Crippen LogP contribution in [0.5, 0.6) is 0 Å². The number of sulfonamides is 1. The number of aromatic nitrogens is 1. The van der Waals surface area contributed by atoms with E-state index in [-0.39, 0.29) is 16.3 Å². The number of nitro groups is 1. The Hall–Kier alpha value is -3.30. The van der Waals surface area contributed by atoms with Gasteiger partial charge in [-0.1, -0.05) is 42.5 Å². The van der Waals surface area contributed by atoms with Crippen LogP contribution in [0.1, 0.15) is 5.56 Å². The summed E-state index contributed by atoms with van der Waals surface area (Å²) in [6.07, 6.45) is 0. The van der Waals surface area contributed by atoms with Crippen LogP contribution in [0, 0.1) is 10.1 Å². The van der Waals surface area contributed by atoms with Gasteiger partial charge in [0.2, 0.25) is 10.0 Å². The number of rotatable bonds is 7. The summed E-state index contributed by atoms with van der Waals surface area (Å²) in [6, 6.07) is 18.3. The third-order valence-corrected chi connectivity index (χ3v) is 5.52. The predicted molar refractivity (Wildman–Crippen MR) is 106 cm³/mol. The van der Waals surface area contributed by atoms with E-state index in [4.69, 9.17) is 0 Å². The summed E-state index contributed by atoms with van der Waals surface area (Å²) < 4.78 is 25.8. The molecule has 8 nitrogen and oxygen atoms in total. The van der Waals surface area contributed by atoms with Crippen molar-refractivity contribution in [2.24, 2.45) is 0 Å². The van der Waals surface area contributed by atoms with Crippen LogP contribution < -0.4 is 10.0 Å². The summed E-state index contributed by atoms with van der Waals surface area (Å²) in [5.41, 5.74) is 1.71. The first-order valence-corrected chi connectivity index (χ1v) is 9.86. The molecule has 0 aliphatic rings. The molecule has 0 unspecified atom stereocenters. The highest BCUT2D eigenvalue weighted by Gasteiger charge is 2.17. The van der Waals surface area contributed by atoms with Crippen LogP contribution in [-0.2, 0) is 16.6 Å². The van der Waals surface area contributed by atoms with Crippen LogP contribution >= 0.6 is 0 Å². The number of pyridine rings is 1. The second-order valence-electron chi connectivity index (χ2n) is 5.89. The van der Waals surface area contributed by atoms with Gasteiger partial charge in [-0.25, -0.2) is 18.1 Å². The zero-order valence-corrected chi connectivity index (χ0v) is 15.8. The van der Waals surface area contributed by atoms with Crippen LogP contribution in [0.3, 0.4) is 0 Å². The lowest BCUT2D eigenvalue weighted by atomic mass is 10.1. The SMILES string of the molecule is CNS(=O)(=O)c1ccc(CNc2ccc([N+](=O)[O-])c(-c3ccccc3)n2)cc1. The van der Waals surface area contributed by atoms with E-state index in [0.29, 0.717) is 17.9 Å². The Morgan fingerprint density at radius 1 is 1.00 bits per heavy atom. The summed E-state index contributed by atoms with van der Waals surface area (Å²) in [5, 5.41) is 14.4. The van der Waals surface area contributed by atoms with Crippen molar-refractivity contribution >= 4 is 21.5 Å². The number of hydrogen-bond donors (Lipinski definition) is 2. The van der Waals surface area contributed by atoms with Gasteiger partial charge in [0.25, 0.3) is 5.69 Å². The minimum Gasteiger partial charge on any atom is -0.366 e. The third kappa shape index (κ3) is 4.33. The quantitative estimate of drug-likeness (QED) is 0.467. The molecule has 28 heavy (non-hydrogen) atoms. The van der Waals surface area contributed by atoms with Crippen molar-refractivity contribution in [2.45, 2.75) is 11.4 Å². The minimum absolute atomic E-state index is 0.0709. The molecule has 0 aliphatic carbocycles. The fourth-order valence-corrected chi connectivity index (χ4v) is 3.33. The number of nitrogens with zero attached hydrogens (tertiary/aromatic N) is 2. The lowest BCUT2D eigenvalue weighted by Gasteiger charge is -2.09. The molecule has 1 aromatic heterocycles. The molecule has 0 saturated heterocycles. The Morgan fingerprint density at radius 2 is 1.68 bits per heavy atom. The van der Waals surface area contributed by atoms with E-state index in [2.05, 4.69) is 15.0 Å². The van der Waals surface area contributed by atoms with Gasteiger partial charge in [-0.2, -0.15) is 0 Å². The Morgan fingerprint density at radius 3 is 2.29 bits per heavy atom. The van der Waals surface area contributed by atoms with E-state index in [1.54, 1.807) is 42.5 Å². The first kappa shape index (κ1) is 19.5. The fraction of sp³-hybridized carbons (Fsp3) is 0.105. The second-order valence-corrected chi connectivity index (χ2v) is 7.78. The maximum atomic E-state index is 11.8. The molecular formula is C19H18N4O4S. The first-order valence-electron chi connectivity index (χ1n) is 8.38. The van der Waals surface area contributed by atoms with Gasteiger partial charge in [0.05, 0.1) is 9.82 Å². The highest BCUT2D eigenvalue weighted by molar-refractivity contribution is 7.89. The summed E-state index contributed by atoms with van der Waals surface area (Å²) in [5.74, 6) is 0.483. The van der Waals surface area contributed by atoms with Gasteiger partial charge in [0, 0.05) is 18.2 Å². The second kappa shape index (κ2) is 8.15. The highest BCUT2D eigenvalue weighted by atomic mass is 32.2. The molecule has 3 aromatic rings. The molecular weight excluding hydrogens is 380 g/mol. The molecule has 0 saturated carbocycles. The predicted octanol–water partition coefficient (Wildman–Crippen LogP) is 3.18. The van der Waals surface area contributed by atoms with Gasteiger partial charge < -0.3 is 5.32 Å². The molecule has 0 spiro atoms. The van der Waals surface area contributed by atoms with Crippen molar-refractivity contribution in [1.82, 2.24) is 9.71 Å². The summed E-state index contributed by atoms with van der Waals surface area (Å²) in [7, 11) is -2.12. The van der Waals surface area contributed by atoms with E-state index in [0.717, 1.165) is 5.56 Å². The van der Waals surface area contributed by atoms with Crippen LogP contribution in [-0.4, -0.2) is 25.4 Å². The zero-order chi connectivity index (χ0) is 20.1. The summed E-state index contributed by atoms with van der Waals surface area (Å²) in [4.78, 5) is 15.4. The van der Waals surface area contributed by atoms with Gasteiger partial charge in [-0.3, -0.25) is 10.1 Å². The van der Waals surface area contributed by atoms with Crippen LogP contribution in [0.15, 0.2) is 71.6 Å². The monoisotopic (exact) mass is 398 g/mol. The lowest BCUT2D eigenvalue weighted by molar-refractivity contribution is -0.384. The third-order valence-electron chi connectivity index (χ3n) is 4.09. The van der Waals surface area contributed by atoms with Crippen molar-refractivity contribution < 1.29 is 13.3 Å². The Bertz CT molecular complexity index is 1080. The number of benzene rings is 2. The van der Waals surface area contributed by atoms with Crippen molar-refractivity contribution in [3.05, 3.63) is 82.4 Å². The standard InChI is InChI=1S/C19H18N4O4S/c1-20-28(26,27)16-9-7-14(8-10-16)13-21-18-12-11-17(23(24)25)19(22-18)15-5-3-2-4-6-15/h2-12,20H,13H2,1H3,(H,21,22). The van der Waals surface area contributed by atoms with Crippen molar-refractivity contribution in [2.75, 3.05) is 12.4 Å². The first-order chi connectivity index (χ1) is 13.4. The van der Waals surface area contributed by atoms with Gasteiger partial charge in [-0.15, -0.1) is 0 Å². The molecule has 9 heteroatoms. The number of anilines is 1. The van der Waals surface area contributed by atoms with Gasteiger partial charge in [0.1, 0.15) is 5.82 Å². The smallest absolute Gasteiger partial charge is 0.295 e. The Kier molecular flexibility index (Phi) is 5.67. The molecule has 0 fully saturated rings. The zero-order valence-electron chi connectivity index (χ0n) is 15.0. The average molecular weight is 398 g/mol. The summed E-state index contributed by atoms with van der Waals surface area (Å²) in [6.45, 7) is 0.388. The molecule has 1 heterocycles. The van der Waals surface area contributed by atoms with E-state index >= 15 is 0 Å². The fourth-order valence-electron chi connectivity index (χ4n) is 2.60. The van der Waals surface area contributed by atoms with E-state index in [9.17, 15) is 18.5 Å². The Balaban J connectivity index is 1.81. The van der Waals surface area contributed by atoms with Gasteiger partial charge in [0.15, 0.2) is 5.69 Å². The molecule has 0 aliphatic heterocycles. The lowest BCUT2D eigenvalue weighted by Crippen LogP contribution is -2.18. The van der Waals surface area contributed by atoms with E-state index in [1.165, 1.54) is 25.2 Å². The number of hydrogen-bond acceptors (Lipinski definition) is 6. The van der Waals surface area contributed by atoms with Crippen molar-refractivity contribution in [1.29, 1.82) is 0 Å². The average Bonchev–Trinajstić information content (AvgIpc) is 2.73. The normalized spacial score (nSPS) is 11.2. The van der Waals surface area contributed by atoms with Crippen molar-refractivity contribution in [3.8, 4) is 11.3 Å².